The average molecular weight is 413 g/mol. The van der Waals surface area contributed by atoms with Crippen LogP contribution in [0.25, 0.3) is 11.3 Å². The van der Waals surface area contributed by atoms with Crippen molar-refractivity contribution in [3.8, 4) is 11.3 Å². The predicted octanol–water partition coefficient (Wildman–Crippen LogP) is 3.82. The van der Waals surface area contributed by atoms with Crippen molar-refractivity contribution in [3.63, 3.8) is 0 Å². The van der Waals surface area contributed by atoms with Crippen LogP contribution in [0.3, 0.4) is 0 Å². The Morgan fingerprint density at radius 1 is 1.32 bits per heavy atom. The van der Waals surface area contributed by atoms with Crippen molar-refractivity contribution in [1.82, 2.24) is 14.7 Å². The van der Waals surface area contributed by atoms with E-state index in [2.05, 4.69) is 12.0 Å². The SMILES string of the molecule is CC1(CN)CCN(C(=O)c2cn(C(C)(C)C)nc2-c2ccc(F)cc2F)C1.Cl. The Hall–Kier alpha value is -1.99. The summed E-state index contributed by atoms with van der Waals surface area (Å²) in [5.41, 5.74) is 6.00. The molecule has 2 heterocycles. The summed E-state index contributed by atoms with van der Waals surface area (Å²) >= 11 is 0. The zero-order valence-corrected chi connectivity index (χ0v) is 17.4. The summed E-state index contributed by atoms with van der Waals surface area (Å²) in [6.45, 7) is 9.53. The molecule has 1 aliphatic heterocycles. The van der Waals surface area contributed by atoms with E-state index in [-0.39, 0.29) is 40.5 Å². The van der Waals surface area contributed by atoms with E-state index in [9.17, 15) is 13.6 Å². The first-order chi connectivity index (χ1) is 12.5. The number of aromatic nitrogens is 2. The summed E-state index contributed by atoms with van der Waals surface area (Å²) in [5, 5.41) is 4.47. The normalized spacial score (nSPS) is 19.6. The van der Waals surface area contributed by atoms with Crippen LogP contribution in [0.2, 0.25) is 0 Å². The zero-order valence-electron chi connectivity index (χ0n) is 16.6. The molecule has 0 aliphatic carbocycles. The summed E-state index contributed by atoms with van der Waals surface area (Å²) in [7, 11) is 0. The quantitative estimate of drug-likeness (QED) is 0.833. The number of carbonyl (C=O) groups is 1. The molecule has 8 heteroatoms. The van der Waals surface area contributed by atoms with Crippen LogP contribution in [0.4, 0.5) is 8.78 Å². The summed E-state index contributed by atoms with van der Waals surface area (Å²) in [4.78, 5) is 14.9. The monoisotopic (exact) mass is 412 g/mol. The number of hydrogen-bond donors (Lipinski definition) is 1. The molecule has 1 atom stereocenters. The lowest BCUT2D eigenvalue weighted by Gasteiger charge is -2.22. The molecule has 3 rings (SSSR count). The molecule has 5 nitrogen and oxygen atoms in total. The Balaban J connectivity index is 0.00000280. The molecule has 2 N–H and O–H groups in total. The standard InChI is InChI=1S/C20H26F2N4O.ClH/c1-19(2,3)26-10-15(18(27)25-8-7-20(4,11-23)12-25)17(24-26)14-6-5-13(21)9-16(14)22;/h5-6,9-10H,7-8,11-12,23H2,1-4H3;1H. The average Bonchev–Trinajstić information content (AvgIpc) is 3.19. The van der Waals surface area contributed by atoms with Crippen LogP contribution in [0, 0.1) is 17.0 Å². The van der Waals surface area contributed by atoms with E-state index in [0.29, 0.717) is 25.2 Å². The molecule has 1 saturated heterocycles. The maximum atomic E-state index is 14.4. The van der Waals surface area contributed by atoms with Crippen molar-refractivity contribution in [1.29, 1.82) is 0 Å². The second-order valence-corrected chi connectivity index (χ2v) is 8.62. The summed E-state index contributed by atoms with van der Waals surface area (Å²) < 4.78 is 29.4. The highest BCUT2D eigenvalue weighted by Gasteiger charge is 2.37. The molecular formula is C20H27ClF2N4O. The van der Waals surface area contributed by atoms with Gasteiger partial charge in [-0.3, -0.25) is 9.48 Å². The van der Waals surface area contributed by atoms with Gasteiger partial charge < -0.3 is 10.6 Å². The first kappa shape index (κ1) is 22.3. The minimum Gasteiger partial charge on any atom is -0.338 e. The van der Waals surface area contributed by atoms with Gasteiger partial charge in [-0.1, -0.05) is 6.92 Å². The number of halogens is 3. The molecule has 1 amide bonds. The largest absolute Gasteiger partial charge is 0.338 e. The zero-order chi connectivity index (χ0) is 20.0. The molecular weight excluding hydrogens is 386 g/mol. The Labute approximate surface area is 170 Å². The van der Waals surface area contributed by atoms with Gasteiger partial charge in [0.1, 0.15) is 17.3 Å². The third-order valence-corrected chi connectivity index (χ3v) is 5.16. The van der Waals surface area contributed by atoms with E-state index in [4.69, 9.17) is 5.73 Å². The van der Waals surface area contributed by atoms with Crippen molar-refractivity contribution >= 4 is 18.3 Å². The molecule has 154 valence electrons. The molecule has 0 bridgehead atoms. The van der Waals surface area contributed by atoms with Gasteiger partial charge in [0, 0.05) is 30.9 Å². The van der Waals surface area contributed by atoms with Crippen LogP contribution in [-0.2, 0) is 5.54 Å². The molecule has 0 saturated carbocycles. The highest BCUT2D eigenvalue weighted by atomic mass is 35.5. The van der Waals surface area contributed by atoms with Crippen LogP contribution in [0.15, 0.2) is 24.4 Å². The molecule has 28 heavy (non-hydrogen) atoms. The van der Waals surface area contributed by atoms with Crippen molar-refractivity contribution in [2.45, 2.75) is 39.7 Å². The van der Waals surface area contributed by atoms with Gasteiger partial charge in [0.2, 0.25) is 0 Å². The van der Waals surface area contributed by atoms with E-state index >= 15 is 0 Å². The predicted molar refractivity (Wildman–Crippen MR) is 108 cm³/mol. The van der Waals surface area contributed by atoms with Crippen LogP contribution >= 0.6 is 12.4 Å². The molecule has 0 spiro atoms. The number of rotatable bonds is 3. The van der Waals surface area contributed by atoms with Crippen LogP contribution < -0.4 is 5.73 Å². The van der Waals surface area contributed by atoms with E-state index < -0.39 is 11.6 Å². The minimum absolute atomic E-state index is 0. The Morgan fingerprint density at radius 3 is 2.54 bits per heavy atom. The molecule has 2 aromatic rings. The third kappa shape index (κ3) is 4.20. The van der Waals surface area contributed by atoms with Crippen LogP contribution in [0.1, 0.15) is 44.5 Å². The lowest BCUT2D eigenvalue weighted by Crippen LogP contribution is -2.34. The Bertz CT molecular complexity index is 878. The van der Waals surface area contributed by atoms with Crippen molar-refractivity contribution < 1.29 is 13.6 Å². The summed E-state index contributed by atoms with van der Waals surface area (Å²) in [5.74, 6) is -1.62. The summed E-state index contributed by atoms with van der Waals surface area (Å²) in [6, 6.07) is 3.30. The van der Waals surface area contributed by atoms with Gasteiger partial charge in [-0.05, 0) is 51.3 Å². The van der Waals surface area contributed by atoms with Gasteiger partial charge in [0.15, 0.2) is 0 Å². The number of nitrogens with zero attached hydrogens (tertiary/aromatic N) is 3. The fourth-order valence-electron chi connectivity index (χ4n) is 3.29. The summed E-state index contributed by atoms with van der Waals surface area (Å²) in [6.07, 6.45) is 2.47. The van der Waals surface area contributed by atoms with Crippen LogP contribution in [0.5, 0.6) is 0 Å². The number of benzene rings is 1. The van der Waals surface area contributed by atoms with Gasteiger partial charge in [0.05, 0.1) is 11.1 Å². The third-order valence-electron chi connectivity index (χ3n) is 5.16. The molecule has 1 aromatic heterocycles. The highest BCUT2D eigenvalue weighted by Crippen LogP contribution is 2.33. The Kier molecular flexibility index (Phi) is 6.21. The highest BCUT2D eigenvalue weighted by molar-refractivity contribution is 6.00. The number of carbonyl (C=O) groups excluding carboxylic acids is 1. The van der Waals surface area contributed by atoms with Crippen molar-refractivity contribution in [2.75, 3.05) is 19.6 Å². The van der Waals surface area contributed by atoms with Crippen LogP contribution in [-0.4, -0.2) is 40.2 Å². The first-order valence-corrected chi connectivity index (χ1v) is 9.09. The van der Waals surface area contributed by atoms with Gasteiger partial charge in [-0.25, -0.2) is 8.78 Å². The molecule has 0 radical (unpaired) electrons. The van der Waals surface area contributed by atoms with E-state index in [1.165, 1.54) is 12.1 Å². The van der Waals surface area contributed by atoms with Crippen molar-refractivity contribution in [2.24, 2.45) is 11.1 Å². The number of likely N-dealkylation sites (tertiary alicyclic amines) is 1. The molecule has 1 aromatic carbocycles. The van der Waals surface area contributed by atoms with Gasteiger partial charge in [-0.2, -0.15) is 5.10 Å². The topological polar surface area (TPSA) is 64.2 Å². The van der Waals surface area contributed by atoms with Gasteiger partial charge >= 0.3 is 0 Å². The van der Waals surface area contributed by atoms with E-state index in [1.807, 2.05) is 20.8 Å². The minimum atomic E-state index is -0.739. The number of nitrogens with two attached hydrogens (primary N) is 1. The maximum Gasteiger partial charge on any atom is 0.257 e. The van der Waals surface area contributed by atoms with E-state index in [0.717, 1.165) is 12.5 Å². The molecule has 1 fully saturated rings. The fraction of sp³-hybridized carbons (Fsp3) is 0.500. The molecule has 1 unspecified atom stereocenters. The maximum absolute atomic E-state index is 14.4. The second kappa shape index (κ2) is 7.79. The smallest absolute Gasteiger partial charge is 0.257 e. The first-order valence-electron chi connectivity index (χ1n) is 9.09. The van der Waals surface area contributed by atoms with E-state index in [1.54, 1.807) is 15.8 Å². The fourth-order valence-corrected chi connectivity index (χ4v) is 3.29. The second-order valence-electron chi connectivity index (χ2n) is 8.62. The van der Waals surface area contributed by atoms with Gasteiger partial charge in [0.25, 0.3) is 5.91 Å². The molecule has 1 aliphatic rings. The van der Waals surface area contributed by atoms with Crippen molar-refractivity contribution in [3.05, 3.63) is 41.6 Å². The lowest BCUT2D eigenvalue weighted by atomic mass is 9.90. The van der Waals surface area contributed by atoms with Gasteiger partial charge in [-0.15, -0.1) is 12.4 Å². The number of amides is 1. The number of hydrogen-bond acceptors (Lipinski definition) is 3. The Morgan fingerprint density at radius 2 is 2.00 bits per heavy atom. The lowest BCUT2D eigenvalue weighted by molar-refractivity contribution is 0.0777.